The number of pyridine rings is 1. The molecule has 4 aromatic rings. The Hall–Kier alpha value is -3.71. The lowest BCUT2D eigenvalue weighted by Gasteiger charge is -2.26. The van der Waals surface area contributed by atoms with Crippen LogP contribution in [-0.4, -0.2) is 16.7 Å². The molecule has 1 N–H and O–H groups in total. The normalized spacial score (nSPS) is 17.6. The highest BCUT2D eigenvalue weighted by atomic mass is 32.1. The van der Waals surface area contributed by atoms with Gasteiger partial charge in [0.1, 0.15) is 29.1 Å². The fourth-order valence-corrected chi connectivity index (χ4v) is 4.60. The summed E-state index contributed by atoms with van der Waals surface area (Å²) >= 11 is 5.73. The first-order valence-electron chi connectivity index (χ1n) is 11.1. The van der Waals surface area contributed by atoms with Crippen LogP contribution < -0.4 is 15.0 Å². The van der Waals surface area contributed by atoms with Crippen LogP contribution in [0.5, 0.6) is 5.75 Å². The Kier molecular flexibility index (Phi) is 6.02. The maximum Gasteiger partial charge on any atom is 0.174 e. The van der Waals surface area contributed by atoms with Crippen LogP contribution in [0.25, 0.3) is 11.3 Å². The molecular weight excluding hydrogens is 449 g/mol. The van der Waals surface area contributed by atoms with Gasteiger partial charge in [0.15, 0.2) is 5.11 Å². The highest BCUT2D eigenvalue weighted by Crippen LogP contribution is 2.43. The predicted molar refractivity (Wildman–Crippen MR) is 134 cm³/mol. The van der Waals surface area contributed by atoms with E-state index in [1.807, 2.05) is 66.4 Å². The molecule has 0 spiro atoms. The molecule has 1 saturated heterocycles. The van der Waals surface area contributed by atoms with Crippen molar-refractivity contribution in [2.75, 3.05) is 11.5 Å². The molecule has 0 unspecified atom stereocenters. The largest absolute Gasteiger partial charge is 0.494 e. The van der Waals surface area contributed by atoms with Crippen LogP contribution in [0, 0.1) is 12.7 Å². The zero-order valence-electron chi connectivity index (χ0n) is 18.9. The van der Waals surface area contributed by atoms with Gasteiger partial charge in [0.05, 0.1) is 18.3 Å². The highest BCUT2D eigenvalue weighted by Gasteiger charge is 2.42. The molecule has 0 amide bonds. The quantitative estimate of drug-likeness (QED) is 0.329. The maximum absolute atomic E-state index is 14.0. The topological polar surface area (TPSA) is 50.5 Å². The van der Waals surface area contributed by atoms with E-state index < -0.39 is 0 Å². The van der Waals surface area contributed by atoms with Crippen molar-refractivity contribution in [2.24, 2.45) is 0 Å². The SMILES string of the molecule is CCOc1ccc(-c2ccc([C@H]3[C@@H](c4ccccn4)NC(=S)N3c3ccc(F)c(C)c3)o2)cc1. The summed E-state index contributed by atoms with van der Waals surface area (Å²) < 4.78 is 25.9. The number of benzene rings is 2. The van der Waals surface area contributed by atoms with Crippen molar-refractivity contribution in [3.63, 3.8) is 0 Å². The molecule has 0 bridgehead atoms. The molecule has 2 atom stereocenters. The van der Waals surface area contributed by atoms with E-state index in [2.05, 4.69) is 10.3 Å². The summed E-state index contributed by atoms with van der Waals surface area (Å²) in [6.45, 7) is 4.32. The molecular formula is C27H24FN3O2S. The van der Waals surface area contributed by atoms with Gasteiger partial charge in [-0.1, -0.05) is 6.07 Å². The third-order valence-corrected chi connectivity index (χ3v) is 6.20. The Balaban J connectivity index is 1.55. The van der Waals surface area contributed by atoms with Crippen LogP contribution in [-0.2, 0) is 0 Å². The zero-order valence-corrected chi connectivity index (χ0v) is 19.7. The van der Waals surface area contributed by atoms with E-state index in [0.717, 1.165) is 34.2 Å². The standard InChI is InChI=1S/C27H24FN3O2S/c1-3-32-20-10-7-18(8-11-20)23-13-14-24(33-23)26-25(22-6-4-5-15-29-22)30-27(34)31(26)19-9-12-21(28)17(2)16-19/h4-16,25-26H,3H2,1-2H3,(H,30,34)/t25-,26+/m1/s1. The van der Waals surface area contributed by atoms with E-state index in [1.165, 1.54) is 6.07 Å². The molecule has 0 radical (unpaired) electrons. The van der Waals surface area contributed by atoms with Gasteiger partial charge >= 0.3 is 0 Å². The summed E-state index contributed by atoms with van der Waals surface area (Å²) in [7, 11) is 0. The second-order valence-electron chi connectivity index (χ2n) is 8.09. The van der Waals surface area contributed by atoms with Gasteiger partial charge in [-0.2, -0.15) is 0 Å². The van der Waals surface area contributed by atoms with Crippen LogP contribution >= 0.6 is 12.2 Å². The number of rotatable bonds is 6. The molecule has 0 aliphatic carbocycles. The lowest BCUT2D eigenvalue weighted by atomic mass is 10.0. The lowest BCUT2D eigenvalue weighted by molar-refractivity contribution is 0.340. The average molecular weight is 474 g/mol. The number of hydrogen-bond donors (Lipinski definition) is 1. The summed E-state index contributed by atoms with van der Waals surface area (Å²) in [5.74, 6) is 2.03. The molecule has 172 valence electrons. The summed E-state index contributed by atoms with van der Waals surface area (Å²) in [6.07, 6.45) is 1.76. The first-order valence-corrected chi connectivity index (χ1v) is 11.6. The fraction of sp³-hybridized carbons (Fsp3) is 0.185. The van der Waals surface area contributed by atoms with Crippen LogP contribution in [0.15, 0.2) is 83.4 Å². The molecule has 0 saturated carbocycles. The first kappa shape index (κ1) is 22.1. The smallest absolute Gasteiger partial charge is 0.174 e. The van der Waals surface area contributed by atoms with Crippen molar-refractivity contribution in [3.05, 3.63) is 102 Å². The summed E-state index contributed by atoms with van der Waals surface area (Å²) in [4.78, 5) is 6.53. The number of ether oxygens (including phenoxy) is 1. The van der Waals surface area contributed by atoms with Crippen molar-refractivity contribution in [3.8, 4) is 17.1 Å². The van der Waals surface area contributed by atoms with Gasteiger partial charge in [-0.25, -0.2) is 4.39 Å². The number of anilines is 1. The van der Waals surface area contributed by atoms with Gasteiger partial charge < -0.3 is 19.4 Å². The Bertz CT molecular complexity index is 1310. The summed E-state index contributed by atoms with van der Waals surface area (Å²) in [6, 6.07) is 22.0. The van der Waals surface area contributed by atoms with E-state index in [1.54, 1.807) is 25.3 Å². The number of furan rings is 1. The fourth-order valence-electron chi connectivity index (χ4n) is 4.25. The first-order chi connectivity index (χ1) is 16.5. The Morgan fingerprint density at radius 3 is 2.62 bits per heavy atom. The minimum atomic E-state index is -0.302. The highest BCUT2D eigenvalue weighted by molar-refractivity contribution is 7.80. The Labute approximate surface area is 203 Å². The number of nitrogens with zero attached hydrogens (tertiary/aromatic N) is 2. The molecule has 5 rings (SSSR count). The Morgan fingerprint density at radius 2 is 1.91 bits per heavy atom. The number of aromatic nitrogens is 1. The molecule has 2 aromatic carbocycles. The molecule has 1 aliphatic heterocycles. The summed E-state index contributed by atoms with van der Waals surface area (Å²) in [5.41, 5.74) is 3.13. The minimum absolute atomic E-state index is 0.238. The van der Waals surface area contributed by atoms with E-state index in [4.69, 9.17) is 21.4 Å². The number of nitrogens with one attached hydrogen (secondary N) is 1. The number of halogens is 1. The number of hydrogen-bond acceptors (Lipinski definition) is 4. The third kappa shape index (κ3) is 4.15. The van der Waals surface area contributed by atoms with Gasteiger partial charge in [0.2, 0.25) is 0 Å². The van der Waals surface area contributed by atoms with E-state index in [0.29, 0.717) is 17.3 Å². The second-order valence-corrected chi connectivity index (χ2v) is 8.48. The average Bonchev–Trinajstić information content (AvgIpc) is 3.47. The maximum atomic E-state index is 14.0. The van der Waals surface area contributed by atoms with Crippen molar-refractivity contribution >= 4 is 23.0 Å². The second kappa shape index (κ2) is 9.27. The van der Waals surface area contributed by atoms with Gasteiger partial charge in [0, 0.05) is 17.4 Å². The monoisotopic (exact) mass is 473 g/mol. The van der Waals surface area contributed by atoms with Gasteiger partial charge in [0.25, 0.3) is 0 Å². The van der Waals surface area contributed by atoms with Crippen LogP contribution in [0.4, 0.5) is 10.1 Å². The predicted octanol–water partition coefficient (Wildman–Crippen LogP) is 6.36. The third-order valence-electron chi connectivity index (χ3n) is 5.89. The van der Waals surface area contributed by atoms with Gasteiger partial charge in [-0.05, 0) is 98.4 Å². The van der Waals surface area contributed by atoms with Crippen LogP contribution in [0.3, 0.4) is 0 Å². The van der Waals surface area contributed by atoms with Crippen molar-refractivity contribution in [1.29, 1.82) is 0 Å². The Morgan fingerprint density at radius 1 is 1.09 bits per heavy atom. The van der Waals surface area contributed by atoms with Crippen molar-refractivity contribution in [1.82, 2.24) is 10.3 Å². The lowest BCUT2D eigenvalue weighted by Crippen LogP contribution is -2.29. The van der Waals surface area contributed by atoms with Crippen LogP contribution in [0.1, 0.15) is 36.0 Å². The van der Waals surface area contributed by atoms with Crippen LogP contribution in [0.2, 0.25) is 0 Å². The summed E-state index contributed by atoms with van der Waals surface area (Å²) in [5, 5.41) is 3.93. The molecule has 2 aromatic heterocycles. The van der Waals surface area contributed by atoms with Gasteiger partial charge in [-0.3, -0.25) is 4.98 Å². The van der Waals surface area contributed by atoms with Crippen molar-refractivity contribution in [2.45, 2.75) is 25.9 Å². The molecule has 3 heterocycles. The molecule has 5 nitrogen and oxygen atoms in total. The number of thiocarbonyl (C=S) groups is 1. The van der Waals surface area contributed by atoms with E-state index >= 15 is 0 Å². The van der Waals surface area contributed by atoms with E-state index in [-0.39, 0.29) is 17.9 Å². The van der Waals surface area contributed by atoms with Crippen molar-refractivity contribution < 1.29 is 13.5 Å². The molecule has 1 fully saturated rings. The molecule has 34 heavy (non-hydrogen) atoms. The zero-order chi connectivity index (χ0) is 23.7. The number of aryl methyl sites for hydroxylation is 1. The molecule has 1 aliphatic rings. The minimum Gasteiger partial charge on any atom is -0.494 e. The van der Waals surface area contributed by atoms with E-state index in [9.17, 15) is 4.39 Å². The van der Waals surface area contributed by atoms with Gasteiger partial charge in [-0.15, -0.1) is 0 Å². The molecule has 7 heteroatoms.